The zero-order chi connectivity index (χ0) is 19.3. The molecule has 0 amide bonds. The van der Waals surface area contributed by atoms with Crippen LogP contribution in [-0.4, -0.2) is 42.0 Å². The van der Waals surface area contributed by atoms with Crippen LogP contribution in [0.4, 0.5) is 0 Å². The van der Waals surface area contributed by atoms with Crippen molar-refractivity contribution in [3.8, 4) is 0 Å². The largest absolute Gasteiger partial charge is 0.468 e. The molecule has 150 valence electrons. The molecule has 1 aliphatic heterocycles. The van der Waals surface area contributed by atoms with Gasteiger partial charge in [-0.2, -0.15) is 0 Å². The maximum absolute atomic E-state index is 12.6. The summed E-state index contributed by atoms with van der Waals surface area (Å²) in [5.41, 5.74) is -1.85. The molecule has 0 radical (unpaired) electrons. The second-order valence-electron chi connectivity index (χ2n) is 9.07. The highest BCUT2D eigenvalue weighted by molar-refractivity contribution is 5.75. The lowest BCUT2D eigenvalue weighted by Crippen LogP contribution is -2.69. The second kappa shape index (κ2) is 6.61. The van der Waals surface area contributed by atoms with Gasteiger partial charge in [-0.05, 0) is 51.2 Å². The molecule has 4 rings (SSSR count). The number of ether oxygens (including phenoxy) is 2. The molecule has 2 saturated carbocycles. The van der Waals surface area contributed by atoms with Crippen molar-refractivity contribution < 1.29 is 23.8 Å². The van der Waals surface area contributed by atoms with Gasteiger partial charge in [-0.25, -0.2) is 0 Å². The molecule has 6 nitrogen and oxygen atoms in total. The van der Waals surface area contributed by atoms with E-state index in [1.165, 1.54) is 0 Å². The fraction of sp³-hybridized carbons (Fsp3) is 0.762. The van der Waals surface area contributed by atoms with Crippen LogP contribution in [0.25, 0.3) is 0 Å². The molecule has 1 aromatic rings. The van der Waals surface area contributed by atoms with E-state index in [9.17, 15) is 9.90 Å². The van der Waals surface area contributed by atoms with Crippen molar-refractivity contribution in [2.24, 2.45) is 17.3 Å². The average molecular weight is 377 g/mol. The zero-order valence-corrected chi connectivity index (χ0v) is 16.5. The van der Waals surface area contributed by atoms with Crippen LogP contribution in [0.15, 0.2) is 22.8 Å². The molecule has 3 fully saturated rings. The Morgan fingerprint density at radius 1 is 1.33 bits per heavy atom. The number of nitrogens with one attached hydrogen (secondary N) is 1. The molecule has 6 atom stereocenters. The zero-order valence-electron chi connectivity index (χ0n) is 16.5. The minimum Gasteiger partial charge on any atom is -0.468 e. The number of carbonyl (C=O) groups is 1. The van der Waals surface area contributed by atoms with E-state index < -0.39 is 11.2 Å². The van der Waals surface area contributed by atoms with E-state index in [2.05, 4.69) is 12.2 Å². The van der Waals surface area contributed by atoms with E-state index in [4.69, 9.17) is 13.9 Å². The van der Waals surface area contributed by atoms with Gasteiger partial charge in [0, 0.05) is 25.0 Å². The summed E-state index contributed by atoms with van der Waals surface area (Å²) in [6, 6.07) is 3.76. The lowest BCUT2D eigenvalue weighted by atomic mass is 9.49. The van der Waals surface area contributed by atoms with E-state index >= 15 is 0 Å². The number of hydrogen-bond donors (Lipinski definition) is 2. The standard InChI is InChI=1S/C21H31NO5/c1-19-7-5-8-20(2,25-3)21(19,24)10-15-16(18(23)27-17(15)11-19)13-22-12-14-6-4-9-26-14/h4,6,9,15-17,22,24H,5,7-8,10-13H2,1-3H3/t15-,16-,17+,19+,20+,21-/m0/s1. The lowest BCUT2D eigenvalue weighted by Gasteiger charge is -2.62. The number of rotatable bonds is 5. The second-order valence-corrected chi connectivity index (χ2v) is 9.07. The summed E-state index contributed by atoms with van der Waals surface area (Å²) in [6.45, 7) is 5.26. The highest BCUT2D eigenvalue weighted by Crippen LogP contribution is 2.61. The molecule has 3 aliphatic rings. The molecular weight excluding hydrogens is 346 g/mol. The third-order valence-electron chi connectivity index (χ3n) is 7.70. The highest BCUT2D eigenvalue weighted by Gasteiger charge is 2.67. The van der Waals surface area contributed by atoms with E-state index in [-0.39, 0.29) is 29.3 Å². The molecule has 0 aromatic carbocycles. The van der Waals surface area contributed by atoms with Crippen LogP contribution < -0.4 is 5.32 Å². The Morgan fingerprint density at radius 3 is 2.85 bits per heavy atom. The number of furan rings is 1. The van der Waals surface area contributed by atoms with E-state index in [1.807, 2.05) is 19.1 Å². The first kappa shape index (κ1) is 19.0. The van der Waals surface area contributed by atoms with Crippen LogP contribution in [0, 0.1) is 17.3 Å². The number of fused-ring (bicyclic) bond motifs is 2. The Labute approximate surface area is 160 Å². The van der Waals surface area contributed by atoms with Gasteiger partial charge in [-0.15, -0.1) is 0 Å². The van der Waals surface area contributed by atoms with Crippen LogP contribution in [-0.2, 0) is 20.8 Å². The first-order valence-electron chi connectivity index (χ1n) is 10.0. The van der Waals surface area contributed by atoms with Crippen LogP contribution in [0.1, 0.15) is 51.7 Å². The van der Waals surface area contributed by atoms with Crippen LogP contribution >= 0.6 is 0 Å². The topological polar surface area (TPSA) is 80.9 Å². The van der Waals surface area contributed by atoms with Crippen molar-refractivity contribution in [3.05, 3.63) is 24.2 Å². The Bertz CT molecular complexity index is 691. The monoisotopic (exact) mass is 377 g/mol. The predicted octanol–water partition coefficient (Wildman–Crippen LogP) is 2.65. The van der Waals surface area contributed by atoms with Gasteiger partial charge in [0.25, 0.3) is 0 Å². The summed E-state index contributed by atoms with van der Waals surface area (Å²) in [5, 5.41) is 15.2. The van der Waals surface area contributed by atoms with Crippen molar-refractivity contribution >= 4 is 5.97 Å². The first-order chi connectivity index (χ1) is 12.8. The summed E-state index contributed by atoms with van der Waals surface area (Å²) in [4.78, 5) is 12.6. The maximum Gasteiger partial charge on any atom is 0.310 e. The number of esters is 1. The van der Waals surface area contributed by atoms with Crippen molar-refractivity contribution in [1.82, 2.24) is 5.32 Å². The van der Waals surface area contributed by atoms with Crippen molar-refractivity contribution in [1.29, 1.82) is 0 Å². The van der Waals surface area contributed by atoms with Crippen molar-refractivity contribution in [3.63, 3.8) is 0 Å². The molecule has 1 saturated heterocycles. The van der Waals surface area contributed by atoms with Crippen molar-refractivity contribution in [2.45, 2.75) is 69.8 Å². The molecule has 0 bridgehead atoms. The Morgan fingerprint density at radius 2 is 2.15 bits per heavy atom. The maximum atomic E-state index is 12.6. The Hall–Kier alpha value is -1.37. The normalized spacial score (nSPS) is 43.9. The molecule has 6 heteroatoms. The molecule has 1 aromatic heterocycles. The molecule has 2 aliphatic carbocycles. The van der Waals surface area contributed by atoms with Crippen molar-refractivity contribution in [2.75, 3.05) is 13.7 Å². The van der Waals surface area contributed by atoms with Gasteiger partial charge in [0.2, 0.25) is 0 Å². The molecule has 27 heavy (non-hydrogen) atoms. The molecule has 2 heterocycles. The van der Waals surface area contributed by atoms with Gasteiger partial charge in [-0.3, -0.25) is 4.79 Å². The van der Waals surface area contributed by atoms with Crippen LogP contribution in [0.2, 0.25) is 0 Å². The fourth-order valence-corrected chi connectivity index (χ4v) is 5.88. The smallest absolute Gasteiger partial charge is 0.310 e. The Kier molecular flexibility index (Phi) is 4.64. The third kappa shape index (κ3) is 2.84. The minimum absolute atomic E-state index is 0.00671. The quantitative estimate of drug-likeness (QED) is 0.768. The molecule has 0 spiro atoms. The molecule has 0 unspecified atom stereocenters. The minimum atomic E-state index is -0.957. The van der Waals surface area contributed by atoms with Gasteiger partial charge >= 0.3 is 5.97 Å². The number of carbonyl (C=O) groups excluding carboxylic acids is 1. The van der Waals surface area contributed by atoms with Crippen LogP contribution in [0.5, 0.6) is 0 Å². The van der Waals surface area contributed by atoms with Gasteiger partial charge < -0.3 is 24.3 Å². The lowest BCUT2D eigenvalue weighted by molar-refractivity contribution is -0.270. The third-order valence-corrected chi connectivity index (χ3v) is 7.70. The van der Waals surface area contributed by atoms with E-state index in [0.29, 0.717) is 25.9 Å². The SMILES string of the molecule is CO[C@]1(C)CCC[C@]2(C)C[C@H]3OC(=O)[C@@H](CNCc4ccco4)[C@@H]3C[C@]21O. The fourth-order valence-electron chi connectivity index (χ4n) is 5.88. The first-order valence-corrected chi connectivity index (χ1v) is 10.0. The number of aliphatic hydroxyl groups is 1. The predicted molar refractivity (Wildman–Crippen MR) is 98.8 cm³/mol. The van der Waals surface area contributed by atoms with Crippen LogP contribution in [0.3, 0.4) is 0 Å². The van der Waals surface area contributed by atoms with E-state index in [1.54, 1.807) is 13.4 Å². The van der Waals surface area contributed by atoms with E-state index in [0.717, 1.165) is 25.0 Å². The summed E-state index contributed by atoms with van der Waals surface area (Å²) in [6.07, 6.45) is 5.56. The summed E-state index contributed by atoms with van der Waals surface area (Å²) in [7, 11) is 1.69. The van der Waals surface area contributed by atoms with Gasteiger partial charge in [0.05, 0.1) is 29.9 Å². The average Bonchev–Trinajstić information content (AvgIpc) is 3.23. The molecular formula is C21H31NO5. The Balaban J connectivity index is 1.52. The number of methoxy groups -OCH3 is 1. The number of hydrogen-bond acceptors (Lipinski definition) is 6. The highest BCUT2D eigenvalue weighted by atomic mass is 16.6. The summed E-state index contributed by atoms with van der Waals surface area (Å²) in [5.74, 6) is 0.447. The summed E-state index contributed by atoms with van der Waals surface area (Å²) >= 11 is 0. The summed E-state index contributed by atoms with van der Waals surface area (Å²) < 4.78 is 17.0. The van der Waals surface area contributed by atoms with Gasteiger partial charge in [-0.1, -0.05) is 6.92 Å². The van der Waals surface area contributed by atoms with Gasteiger partial charge in [0.1, 0.15) is 11.9 Å². The van der Waals surface area contributed by atoms with Gasteiger partial charge in [0.15, 0.2) is 0 Å². The molecule has 2 N–H and O–H groups in total.